The van der Waals surface area contributed by atoms with E-state index in [1.54, 1.807) is 0 Å². The molecule has 0 spiro atoms. The molecule has 120 heavy (non-hydrogen) atoms. The quantitative estimate of drug-likeness (QED) is 0.0888. The van der Waals surface area contributed by atoms with Crippen LogP contribution in [0.2, 0.25) is 0 Å². The maximum absolute atomic E-state index is 4.43. The summed E-state index contributed by atoms with van der Waals surface area (Å²) in [6.45, 7) is 77.7. The summed E-state index contributed by atoms with van der Waals surface area (Å²) in [5.74, 6) is 1.43. The summed E-state index contributed by atoms with van der Waals surface area (Å²) in [4.78, 5) is 10.0. The van der Waals surface area contributed by atoms with Gasteiger partial charge in [0.1, 0.15) is 29.0 Å². The molecule has 12 aromatic heterocycles. The molecule has 16 heterocycles. The maximum Gasteiger partial charge on any atom is 0.311 e. The van der Waals surface area contributed by atoms with Crippen LogP contribution in [0.1, 0.15) is 328 Å². The molecule has 12 aromatic rings. The molecule has 0 aromatic carbocycles. The van der Waals surface area contributed by atoms with E-state index in [2.05, 4.69) is 471 Å². The Morgan fingerprint density at radius 1 is 0.292 bits per heavy atom. The van der Waals surface area contributed by atoms with Gasteiger partial charge in [-0.05, 0) is 276 Å². The molecule has 0 saturated heterocycles. The van der Waals surface area contributed by atoms with Crippen molar-refractivity contribution in [2.24, 2.45) is 0 Å². The summed E-state index contributed by atoms with van der Waals surface area (Å²) < 4.78 is 27.0. The van der Waals surface area contributed by atoms with Crippen molar-refractivity contribution in [3.8, 4) is 0 Å². The lowest BCUT2D eigenvalue weighted by Gasteiger charge is -2.22. The Hall–Kier alpha value is -9.33. The SMILES string of the molecule is CC(C)N1CCc2c1ccc[n+]2C(C)C.CC(C)N1CCc2ccc[n+](C(C)C)c21.CC(C)N1Cc2cc[n+](C(C)C)cc2C1.CC(C)N1Cc2ccc[n+](C(C)C)c2C1.CC(C)n1ccc2cc[n+](C(C)C)cc21.CC(C)n1ncc2c1ccc[n+]2C(C)C.CC(C)n1ncc2c[n+](C(C)C)ccc21.CC(C)n1ncc2ccc[n+](C(C)C)c21. The Morgan fingerprint density at radius 3 is 1.34 bits per heavy atom. The smallest absolute Gasteiger partial charge is 0.311 e. The van der Waals surface area contributed by atoms with E-state index in [1.807, 2.05) is 18.6 Å². The Labute approximate surface area is 723 Å². The first-order chi connectivity index (χ1) is 56.8. The van der Waals surface area contributed by atoms with Gasteiger partial charge in [0.15, 0.2) is 97.7 Å². The molecule has 0 N–H and O–H groups in total. The molecule has 648 valence electrons. The molecular weight excluding hydrogens is 1480 g/mol. The highest BCUT2D eigenvalue weighted by molar-refractivity contribution is 5.78. The largest absolute Gasteiger partial charge is 0.363 e. The predicted molar refractivity (Wildman–Crippen MR) is 494 cm³/mol. The Balaban J connectivity index is 0.000000156. The molecule has 4 aliphatic heterocycles. The summed E-state index contributed by atoms with van der Waals surface area (Å²) in [6, 6.07) is 38.9. The monoisotopic (exact) mass is 1640 g/mol. The highest BCUT2D eigenvalue weighted by Gasteiger charge is 2.35. The number of rotatable bonds is 16. The van der Waals surface area contributed by atoms with Crippen LogP contribution in [0.25, 0.3) is 43.9 Å². The van der Waals surface area contributed by atoms with Gasteiger partial charge in [-0.3, -0.25) is 24.1 Å². The van der Waals surface area contributed by atoms with Gasteiger partial charge in [0, 0.05) is 134 Å². The summed E-state index contributed by atoms with van der Waals surface area (Å²) >= 11 is 0. The number of pyridine rings is 8. The number of nitrogens with zero attached hydrogens (tertiary/aromatic N) is 19. The van der Waals surface area contributed by atoms with Crippen molar-refractivity contribution >= 4 is 55.4 Å². The van der Waals surface area contributed by atoms with Crippen molar-refractivity contribution in [1.29, 1.82) is 0 Å². The van der Waals surface area contributed by atoms with E-state index in [9.17, 15) is 0 Å². The predicted octanol–water partition coefficient (Wildman–Crippen LogP) is 19.8. The van der Waals surface area contributed by atoms with Crippen LogP contribution in [0.15, 0.2) is 178 Å². The average Bonchev–Trinajstić information content (AvgIpc) is 1.66. The Kier molecular flexibility index (Phi) is 33.4. The van der Waals surface area contributed by atoms with E-state index < -0.39 is 0 Å². The molecule has 0 unspecified atom stereocenters. The second-order valence-corrected chi connectivity index (χ2v) is 37.9. The van der Waals surface area contributed by atoms with Crippen molar-refractivity contribution in [3.63, 3.8) is 0 Å². The average molecular weight is 1640 g/mol. The molecular formula is C101H157N19+8. The molecule has 0 fully saturated rings. The van der Waals surface area contributed by atoms with E-state index in [0.717, 1.165) is 26.2 Å². The van der Waals surface area contributed by atoms with Gasteiger partial charge in [-0.2, -0.15) is 23.9 Å². The molecule has 19 nitrogen and oxygen atoms in total. The van der Waals surface area contributed by atoms with Crippen molar-refractivity contribution in [2.45, 2.75) is 357 Å². The first-order valence-electron chi connectivity index (χ1n) is 45.6. The fourth-order valence-corrected chi connectivity index (χ4v) is 16.5. The van der Waals surface area contributed by atoms with Crippen LogP contribution in [0, 0.1) is 0 Å². The van der Waals surface area contributed by atoms with Gasteiger partial charge in [-0.25, -0.2) is 22.8 Å². The van der Waals surface area contributed by atoms with E-state index in [-0.39, 0.29) is 0 Å². The normalized spacial score (nSPS) is 13.8. The van der Waals surface area contributed by atoms with Crippen molar-refractivity contribution < 1.29 is 36.5 Å². The van der Waals surface area contributed by atoms with Gasteiger partial charge in [0.25, 0.3) is 11.3 Å². The molecule has 0 amide bonds. The van der Waals surface area contributed by atoms with Crippen LogP contribution in [0.3, 0.4) is 0 Å². The minimum Gasteiger partial charge on any atom is -0.363 e. The third kappa shape index (κ3) is 23.1. The van der Waals surface area contributed by atoms with Crippen LogP contribution in [-0.4, -0.2) is 81.0 Å². The summed E-state index contributed by atoms with van der Waals surface area (Å²) in [5, 5.41) is 17.0. The standard InChI is InChI=1S/C13H19N2.4C13H21N2.3C12H18N3/c1-10(2)14-7-5-12-6-8-15(11(3)4)13(12)9-14;1-10(2)14-6-5-12-7-15(11(3)4)9-13(12)8-14;1-10(2)14-8-5-6-12-13(14)7-9-15(12)11(3)4;1-10(2)14-8-5-6-12-7-9-15(11(3)4)13(12)14;1-10(2)14-8-12-6-5-7-15(11(3)4)13(12)9-14;1-9(2)14-6-5-12-11(8-14)7-13-15(12)10(3)4;1-9(2)14-7-5-6-11-12(14)8-13-15(11)10(3)4;1-9(2)14-7-5-6-11-8-13-15(10(3)4)12(11)14/h5-11H,1-4H3;3*5-6,8,10-11H,7,9H2,1-4H3;5-7,10-11H,8-9H2,1-4H3;3*5-10H,1-4H3/q8*+1. The number of hydrogen-bond donors (Lipinski definition) is 0. The van der Waals surface area contributed by atoms with Crippen LogP contribution >= 0.6 is 0 Å². The van der Waals surface area contributed by atoms with Gasteiger partial charge < -0.3 is 9.47 Å². The van der Waals surface area contributed by atoms with E-state index in [4.69, 9.17) is 0 Å². The van der Waals surface area contributed by atoms with Crippen molar-refractivity contribution in [2.75, 3.05) is 22.9 Å². The third-order valence-electron chi connectivity index (χ3n) is 23.5. The first-order valence-corrected chi connectivity index (χ1v) is 45.6. The maximum atomic E-state index is 4.43. The minimum absolute atomic E-state index is 0.398. The van der Waals surface area contributed by atoms with E-state index in [0.29, 0.717) is 96.7 Å². The molecule has 0 bridgehead atoms. The van der Waals surface area contributed by atoms with Crippen LogP contribution in [-0.2, 0) is 39.0 Å². The lowest BCUT2D eigenvalue weighted by atomic mass is 10.2. The van der Waals surface area contributed by atoms with Crippen LogP contribution < -0.4 is 46.3 Å². The van der Waals surface area contributed by atoms with E-state index in [1.165, 1.54) is 115 Å². The zero-order valence-electron chi connectivity index (χ0n) is 80.1. The van der Waals surface area contributed by atoms with Crippen LogP contribution in [0.5, 0.6) is 0 Å². The second kappa shape index (κ2) is 42.4. The minimum atomic E-state index is 0.398. The first kappa shape index (κ1) is 94.5. The molecule has 4 aliphatic rings. The molecule has 0 saturated carbocycles. The zero-order chi connectivity index (χ0) is 88.0. The third-order valence-corrected chi connectivity index (χ3v) is 23.5. The molecule has 0 atom stereocenters. The number of hydrogen-bond acceptors (Lipinski definition) is 7. The second-order valence-electron chi connectivity index (χ2n) is 37.9. The lowest BCUT2D eigenvalue weighted by molar-refractivity contribution is -0.723. The van der Waals surface area contributed by atoms with Crippen molar-refractivity contribution in [3.05, 3.63) is 212 Å². The fourth-order valence-electron chi connectivity index (χ4n) is 16.5. The highest BCUT2D eigenvalue weighted by Crippen LogP contribution is 2.30. The summed E-state index contributed by atoms with van der Waals surface area (Å²) in [7, 11) is 0. The zero-order valence-corrected chi connectivity index (χ0v) is 80.1. The Morgan fingerprint density at radius 2 is 0.758 bits per heavy atom. The lowest BCUT2D eigenvalue weighted by Crippen LogP contribution is -2.44. The summed E-state index contributed by atoms with van der Waals surface area (Å²) in [5.41, 5.74) is 16.6. The Bertz CT molecular complexity index is 5220. The van der Waals surface area contributed by atoms with Crippen LogP contribution in [0.4, 0.5) is 11.5 Å². The van der Waals surface area contributed by atoms with E-state index >= 15 is 0 Å². The molecule has 16 rings (SSSR count). The molecule has 0 radical (unpaired) electrons. The van der Waals surface area contributed by atoms with Gasteiger partial charge in [-0.1, -0.05) is 5.10 Å². The molecule has 19 heteroatoms. The topological polar surface area (TPSA) is 102 Å². The number of fused-ring (bicyclic) bond motifs is 8. The van der Waals surface area contributed by atoms with Gasteiger partial charge in [-0.15, -0.1) is 4.68 Å². The number of aromatic nitrogens is 15. The number of anilines is 2. The summed E-state index contributed by atoms with van der Waals surface area (Å²) in [6.07, 6.45) is 34.4. The highest BCUT2D eigenvalue weighted by atomic mass is 15.3. The van der Waals surface area contributed by atoms with Gasteiger partial charge in [0.05, 0.1) is 78.7 Å². The van der Waals surface area contributed by atoms with Crippen molar-refractivity contribution in [1.82, 2.24) is 43.7 Å². The van der Waals surface area contributed by atoms with Gasteiger partial charge in [0.2, 0.25) is 5.69 Å². The fraction of sp³-hybridized carbons (Fsp3) is 0.554. The van der Waals surface area contributed by atoms with Gasteiger partial charge >= 0.3 is 5.65 Å². The molecule has 0 aliphatic carbocycles.